The van der Waals surface area contributed by atoms with E-state index in [1.165, 1.54) is 11.1 Å². The lowest BCUT2D eigenvalue weighted by Gasteiger charge is -2.39. The fourth-order valence-electron chi connectivity index (χ4n) is 4.79. The van der Waals surface area contributed by atoms with E-state index in [1.54, 1.807) is 43.9 Å². The van der Waals surface area contributed by atoms with Gasteiger partial charge in [0.15, 0.2) is 0 Å². The van der Waals surface area contributed by atoms with Crippen LogP contribution in [-0.4, -0.2) is 68.9 Å². The van der Waals surface area contributed by atoms with Crippen LogP contribution in [0.25, 0.3) is 11.5 Å². The molecule has 10 nitrogen and oxygen atoms in total. The molecule has 0 spiro atoms. The Morgan fingerprint density at radius 1 is 1.08 bits per heavy atom. The van der Waals surface area contributed by atoms with E-state index in [2.05, 4.69) is 20.1 Å². The van der Waals surface area contributed by atoms with Crippen molar-refractivity contribution in [2.75, 3.05) is 31.1 Å². The van der Waals surface area contributed by atoms with Gasteiger partial charge in [-0.2, -0.15) is 8.78 Å². The molecular weight excluding hydrogens is 498 g/mol. The summed E-state index contributed by atoms with van der Waals surface area (Å²) in [7, 11) is 0. The summed E-state index contributed by atoms with van der Waals surface area (Å²) >= 11 is 0. The van der Waals surface area contributed by atoms with E-state index in [1.807, 2.05) is 12.1 Å². The van der Waals surface area contributed by atoms with Gasteiger partial charge < -0.3 is 14.2 Å². The standard InChI is InChI=1S/C26H26F2N6O4/c1-15(35)32-8-10-33(11-9-32)18-6-7-19-20(12-18)26(2,3)25(37)34(24(19)36)14-17-5-4-16(13-29-17)22-30-31-23(38-22)21(27)28/h4-7,12-13,21H,8-11,14H2,1-3H3. The molecule has 4 heterocycles. The van der Waals surface area contributed by atoms with Gasteiger partial charge in [0.05, 0.1) is 23.2 Å². The molecule has 38 heavy (non-hydrogen) atoms. The summed E-state index contributed by atoms with van der Waals surface area (Å²) in [6, 6.07) is 8.65. The van der Waals surface area contributed by atoms with Gasteiger partial charge in [0.25, 0.3) is 11.8 Å². The Bertz CT molecular complexity index is 1400. The van der Waals surface area contributed by atoms with Gasteiger partial charge in [0, 0.05) is 50.6 Å². The Hall–Kier alpha value is -4.22. The first-order valence-electron chi connectivity index (χ1n) is 12.1. The number of imide groups is 1. The number of piperazine rings is 1. The van der Waals surface area contributed by atoms with Gasteiger partial charge in [0.2, 0.25) is 17.7 Å². The number of carbonyl (C=O) groups is 3. The van der Waals surface area contributed by atoms with Crippen LogP contribution < -0.4 is 4.90 Å². The molecule has 12 heteroatoms. The molecule has 0 radical (unpaired) electrons. The third kappa shape index (κ3) is 4.50. The third-order valence-corrected chi connectivity index (χ3v) is 7.04. The molecule has 0 unspecified atom stereocenters. The van der Waals surface area contributed by atoms with Crippen molar-refractivity contribution in [2.45, 2.75) is 39.2 Å². The molecule has 0 aliphatic carbocycles. The maximum absolute atomic E-state index is 13.5. The van der Waals surface area contributed by atoms with Crippen LogP contribution in [0.5, 0.6) is 0 Å². The molecule has 0 bridgehead atoms. The lowest BCUT2D eigenvalue weighted by atomic mass is 9.77. The van der Waals surface area contributed by atoms with Crippen molar-refractivity contribution in [1.82, 2.24) is 25.0 Å². The zero-order valence-electron chi connectivity index (χ0n) is 21.1. The van der Waals surface area contributed by atoms with Crippen molar-refractivity contribution in [3.8, 4) is 11.5 Å². The maximum atomic E-state index is 13.5. The largest absolute Gasteiger partial charge is 0.415 e. The number of hydrogen-bond acceptors (Lipinski definition) is 8. The Balaban J connectivity index is 1.35. The summed E-state index contributed by atoms with van der Waals surface area (Å²) in [5, 5.41) is 6.90. The molecule has 1 fully saturated rings. The quantitative estimate of drug-likeness (QED) is 0.468. The van der Waals surface area contributed by atoms with E-state index >= 15 is 0 Å². The number of fused-ring (bicyclic) bond motifs is 1. The van der Waals surface area contributed by atoms with Crippen LogP contribution in [0.4, 0.5) is 14.5 Å². The molecule has 2 aliphatic heterocycles. The minimum Gasteiger partial charge on any atom is -0.415 e. The van der Waals surface area contributed by atoms with E-state index < -0.39 is 23.6 Å². The van der Waals surface area contributed by atoms with Gasteiger partial charge in [-0.05, 0) is 49.7 Å². The van der Waals surface area contributed by atoms with E-state index in [4.69, 9.17) is 4.42 Å². The molecule has 1 aromatic carbocycles. The van der Waals surface area contributed by atoms with Gasteiger partial charge in [0.1, 0.15) is 0 Å². The van der Waals surface area contributed by atoms with Crippen molar-refractivity contribution < 1.29 is 27.6 Å². The number of rotatable bonds is 5. The van der Waals surface area contributed by atoms with Gasteiger partial charge in [-0.15, -0.1) is 10.2 Å². The summed E-state index contributed by atoms with van der Waals surface area (Å²) in [6.45, 7) is 7.66. The van der Waals surface area contributed by atoms with E-state index in [0.29, 0.717) is 48.6 Å². The molecule has 0 saturated carbocycles. The highest BCUT2D eigenvalue weighted by Crippen LogP contribution is 2.37. The average molecular weight is 525 g/mol. The second kappa shape index (κ2) is 9.58. The molecule has 3 aromatic rings. The number of pyridine rings is 1. The highest BCUT2D eigenvalue weighted by Gasteiger charge is 2.44. The summed E-state index contributed by atoms with van der Waals surface area (Å²) in [6.07, 6.45) is -1.51. The second-order valence-electron chi connectivity index (χ2n) is 9.83. The molecule has 2 aromatic heterocycles. The highest BCUT2D eigenvalue weighted by molar-refractivity contribution is 6.13. The normalized spacial score (nSPS) is 17.3. The predicted octanol–water partition coefficient (Wildman–Crippen LogP) is 3.20. The van der Waals surface area contributed by atoms with Gasteiger partial charge in [-0.25, -0.2) is 0 Å². The number of hydrogen-bond donors (Lipinski definition) is 0. The van der Waals surface area contributed by atoms with Crippen LogP contribution >= 0.6 is 0 Å². The Morgan fingerprint density at radius 3 is 2.42 bits per heavy atom. The smallest absolute Gasteiger partial charge is 0.314 e. The SMILES string of the molecule is CC(=O)N1CCN(c2ccc3c(c2)C(C)(C)C(=O)N(Cc2ccc(-c4nnc(C(F)F)o4)cn2)C3=O)CC1. The fraction of sp³-hybridized carbons (Fsp3) is 0.385. The summed E-state index contributed by atoms with van der Waals surface area (Å²) < 4.78 is 30.4. The number of nitrogens with zero attached hydrogens (tertiary/aromatic N) is 6. The molecule has 0 atom stereocenters. The fourth-order valence-corrected chi connectivity index (χ4v) is 4.79. The molecule has 1 saturated heterocycles. The number of amides is 3. The van der Waals surface area contributed by atoms with Gasteiger partial charge in [-0.3, -0.25) is 24.3 Å². The summed E-state index contributed by atoms with van der Waals surface area (Å²) in [5.74, 6) is -1.60. The third-order valence-electron chi connectivity index (χ3n) is 7.04. The first-order valence-corrected chi connectivity index (χ1v) is 12.1. The topological polar surface area (TPSA) is 113 Å². The zero-order valence-corrected chi connectivity index (χ0v) is 21.1. The monoisotopic (exact) mass is 524 g/mol. The van der Waals surface area contributed by atoms with Crippen molar-refractivity contribution >= 4 is 23.4 Å². The van der Waals surface area contributed by atoms with Gasteiger partial charge in [-0.1, -0.05) is 0 Å². The Morgan fingerprint density at radius 2 is 1.82 bits per heavy atom. The molecule has 5 rings (SSSR count). The summed E-state index contributed by atoms with van der Waals surface area (Å²) in [4.78, 5) is 47.9. The minimum absolute atomic E-state index is 0.0483. The van der Waals surface area contributed by atoms with Crippen LogP contribution in [0, 0.1) is 0 Å². The highest BCUT2D eigenvalue weighted by atomic mass is 19.3. The van der Waals surface area contributed by atoms with E-state index in [-0.39, 0.29) is 24.2 Å². The summed E-state index contributed by atoms with van der Waals surface area (Å²) in [5.41, 5.74) is 1.82. The predicted molar refractivity (Wildman–Crippen MR) is 131 cm³/mol. The molecule has 2 aliphatic rings. The molecule has 3 amide bonds. The lowest BCUT2D eigenvalue weighted by molar-refractivity contribution is -0.135. The van der Waals surface area contributed by atoms with Crippen LogP contribution in [0.2, 0.25) is 0 Å². The van der Waals surface area contributed by atoms with Crippen molar-refractivity contribution in [1.29, 1.82) is 0 Å². The molecule has 0 N–H and O–H groups in total. The number of aromatic nitrogens is 3. The van der Waals surface area contributed by atoms with E-state index in [0.717, 1.165) is 5.69 Å². The van der Waals surface area contributed by atoms with E-state index in [9.17, 15) is 23.2 Å². The van der Waals surface area contributed by atoms with Crippen LogP contribution in [0.1, 0.15) is 54.7 Å². The van der Waals surface area contributed by atoms with Crippen molar-refractivity contribution in [3.63, 3.8) is 0 Å². The molecule has 198 valence electrons. The molecular formula is C26H26F2N6O4. The average Bonchev–Trinajstić information content (AvgIpc) is 3.41. The van der Waals surface area contributed by atoms with Crippen LogP contribution in [0.3, 0.4) is 0 Å². The number of halogens is 2. The maximum Gasteiger partial charge on any atom is 0.314 e. The first-order chi connectivity index (χ1) is 18.1. The lowest BCUT2D eigenvalue weighted by Crippen LogP contribution is -2.51. The number of carbonyl (C=O) groups excluding carboxylic acids is 3. The number of anilines is 1. The minimum atomic E-state index is -2.88. The number of benzene rings is 1. The zero-order chi connectivity index (χ0) is 27.2. The van der Waals surface area contributed by atoms with Gasteiger partial charge >= 0.3 is 6.43 Å². The Kier molecular flexibility index (Phi) is 6.41. The van der Waals surface area contributed by atoms with Crippen LogP contribution in [-0.2, 0) is 21.5 Å². The second-order valence-corrected chi connectivity index (χ2v) is 9.83. The first kappa shape index (κ1) is 25.4. The number of alkyl halides is 2. The van der Waals surface area contributed by atoms with Crippen LogP contribution in [0.15, 0.2) is 40.9 Å². The van der Waals surface area contributed by atoms with Crippen molar-refractivity contribution in [2.24, 2.45) is 0 Å². The Labute approximate surface area is 217 Å². The van der Waals surface area contributed by atoms with Crippen molar-refractivity contribution in [3.05, 3.63) is 59.2 Å².